The molecule has 2 heterocycles. The van der Waals surface area contributed by atoms with Gasteiger partial charge in [-0.3, -0.25) is 9.48 Å². The first-order valence-corrected chi connectivity index (χ1v) is 8.29. The Labute approximate surface area is 150 Å². The second-order valence-electron chi connectivity index (χ2n) is 5.23. The van der Waals surface area contributed by atoms with Gasteiger partial charge in [0.25, 0.3) is 5.91 Å². The van der Waals surface area contributed by atoms with Crippen LogP contribution in [0.25, 0.3) is 10.6 Å². The van der Waals surface area contributed by atoms with Gasteiger partial charge in [0.05, 0.1) is 17.4 Å². The summed E-state index contributed by atoms with van der Waals surface area (Å²) < 4.78 is 29.3. The highest BCUT2D eigenvalue weighted by Gasteiger charge is 2.21. The van der Waals surface area contributed by atoms with Gasteiger partial charge >= 0.3 is 0 Å². The molecule has 0 fully saturated rings. The molecule has 0 aliphatic heterocycles. The van der Waals surface area contributed by atoms with E-state index in [-0.39, 0.29) is 21.3 Å². The summed E-state index contributed by atoms with van der Waals surface area (Å²) in [6.45, 7) is 0.384. The molecule has 0 atom stereocenters. The number of hydrogen-bond donors (Lipinski definition) is 2. The molecule has 0 radical (unpaired) electrons. The van der Waals surface area contributed by atoms with E-state index in [4.69, 9.17) is 5.73 Å². The van der Waals surface area contributed by atoms with Crippen molar-refractivity contribution in [2.45, 2.75) is 13.0 Å². The van der Waals surface area contributed by atoms with Crippen molar-refractivity contribution < 1.29 is 18.4 Å². The number of aldehydes is 1. The minimum absolute atomic E-state index is 0.0232. The number of carbonyl (C=O) groups is 2. The Morgan fingerprint density at radius 1 is 1.35 bits per heavy atom. The second kappa shape index (κ2) is 7.40. The predicted octanol–water partition coefficient (Wildman–Crippen LogP) is 2.71. The lowest BCUT2D eigenvalue weighted by Gasteiger charge is -2.01. The summed E-state index contributed by atoms with van der Waals surface area (Å²) in [6.07, 6.45) is 4.01. The number of nitrogens with one attached hydrogen (secondary N) is 1. The lowest BCUT2D eigenvalue weighted by Crippen LogP contribution is -2.13. The molecule has 1 aromatic carbocycles. The van der Waals surface area contributed by atoms with E-state index < -0.39 is 17.5 Å². The molecule has 0 saturated carbocycles. The minimum atomic E-state index is -0.790. The number of hydrogen-bond acceptors (Lipinski definition) is 6. The Morgan fingerprint density at radius 3 is 2.77 bits per heavy atom. The van der Waals surface area contributed by atoms with Crippen LogP contribution in [0.2, 0.25) is 0 Å². The van der Waals surface area contributed by atoms with Crippen molar-refractivity contribution in [1.29, 1.82) is 0 Å². The lowest BCUT2D eigenvalue weighted by atomic mass is 10.2. The summed E-state index contributed by atoms with van der Waals surface area (Å²) in [5.74, 6) is -2.21. The molecule has 3 rings (SSSR count). The Morgan fingerprint density at radius 2 is 2.08 bits per heavy atom. The fourth-order valence-corrected chi connectivity index (χ4v) is 3.11. The summed E-state index contributed by atoms with van der Waals surface area (Å²) >= 11 is 0.817. The Balaban J connectivity index is 1.81. The average molecular weight is 377 g/mol. The molecule has 1 amide bonds. The minimum Gasteiger partial charge on any atom is -0.389 e. The summed E-state index contributed by atoms with van der Waals surface area (Å²) in [5, 5.41) is 6.56. The van der Waals surface area contributed by atoms with E-state index >= 15 is 0 Å². The van der Waals surface area contributed by atoms with Gasteiger partial charge in [0.15, 0.2) is 5.69 Å². The third-order valence-corrected chi connectivity index (χ3v) is 4.31. The fourth-order valence-electron chi connectivity index (χ4n) is 2.23. The van der Waals surface area contributed by atoms with Crippen LogP contribution in [0.5, 0.6) is 0 Å². The molecule has 0 spiro atoms. The van der Waals surface area contributed by atoms with Crippen molar-refractivity contribution in [2.24, 2.45) is 0 Å². The van der Waals surface area contributed by atoms with Gasteiger partial charge in [0, 0.05) is 19.2 Å². The molecule has 0 bridgehead atoms. The van der Waals surface area contributed by atoms with Crippen LogP contribution in [0, 0.1) is 11.6 Å². The van der Waals surface area contributed by atoms with E-state index in [0.717, 1.165) is 29.8 Å². The third kappa shape index (κ3) is 3.59. The van der Waals surface area contributed by atoms with Gasteiger partial charge in [-0.2, -0.15) is 5.10 Å². The molecule has 3 N–H and O–H groups in total. The number of thiazole rings is 1. The fraction of sp³-hybridized carbons (Fsp3) is 0.125. The first-order valence-electron chi connectivity index (χ1n) is 7.47. The lowest BCUT2D eigenvalue weighted by molar-refractivity contribution is -0.108. The van der Waals surface area contributed by atoms with E-state index in [0.29, 0.717) is 18.7 Å². The van der Waals surface area contributed by atoms with Gasteiger partial charge in [0.1, 0.15) is 27.9 Å². The van der Waals surface area contributed by atoms with Crippen LogP contribution in [-0.4, -0.2) is 27.0 Å². The predicted molar refractivity (Wildman–Crippen MR) is 92.7 cm³/mol. The Hall–Kier alpha value is -3.14. The Bertz CT molecular complexity index is 949. The monoisotopic (exact) mass is 377 g/mol. The molecule has 26 heavy (non-hydrogen) atoms. The maximum Gasteiger partial charge on any atom is 0.277 e. The molecular weight excluding hydrogens is 364 g/mol. The number of benzene rings is 1. The normalized spacial score (nSPS) is 10.7. The van der Waals surface area contributed by atoms with Gasteiger partial charge in [-0.15, -0.1) is 0 Å². The van der Waals surface area contributed by atoms with Gasteiger partial charge in [-0.1, -0.05) is 17.4 Å². The topological polar surface area (TPSA) is 103 Å². The second-order valence-corrected chi connectivity index (χ2v) is 6.26. The van der Waals surface area contributed by atoms with Crippen LogP contribution in [0.3, 0.4) is 0 Å². The number of aryl methyl sites for hydroxylation is 1. The van der Waals surface area contributed by atoms with Crippen molar-refractivity contribution >= 4 is 34.2 Å². The number of halogens is 2. The van der Waals surface area contributed by atoms with Crippen molar-refractivity contribution in [1.82, 2.24) is 14.8 Å². The average Bonchev–Trinajstić information content (AvgIpc) is 3.19. The molecule has 0 aliphatic rings. The number of rotatable bonds is 6. The van der Waals surface area contributed by atoms with Gasteiger partial charge in [-0.25, -0.2) is 13.8 Å². The number of nitrogens with two attached hydrogens (primary N) is 1. The van der Waals surface area contributed by atoms with Crippen molar-refractivity contribution in [3.8, 4) is 10.6 Å². The molecule has 10 heteroatoms. The molecule has 0 unspecified atom stereocenters. The zero-order chi connectivity index (χ0) is 18.7. The molecule has 2 aromatic heterocycles. The summed E-state index contributed by atoms with van der Waals surface area (Å²) in [4.78, 5) is 26.7. The SMILES string of the molecule is Nc1sc(-c2c(F)cccc2F)nc1C(=O)Nc1cnn(CCC=O)c1. The van der Waals surface area contributed by atoms with Crippen molar-refractivity contribution in [3.63, 3.8) is 0 Å². The van der Waals surface area contributed by atoms with Crippen LogP contribution < -0.4 is 11.1 Å². The molecule has 0 saturated heterocycles. The molecule has 7 nitrogen and oxygen atoms in total. The van der Waals surface area contributed by atoms with E-state index in [1.807, 2.05) is 0 Å². The highest BCUT2D eigenvalue weighted by atomic mass is 32.1. The van der Waals surface area contributed by atoms with Crippen LogP contribution in [0.1, 0.15) is 16.9 Å². The van der Waals surface area contributed by atoms with Crippen LogP contribution in [-0.2, 0) is 11.3 Å². The summed E-state index contributed by atoms with van der Waals surface area (Å²) in [7, 11) is 0. The highest BCUT2D eigenvalue weighted by molar-refractivity contribution is 7.19. The standard InChI is InChI=1S/C16H13F2N5O2S/c17-10-3-1-4-11(18)12(10)16-22-13(14(19)26-16)15(25)21-9-7-20-23(8-9)5-2-6-24/h1,3-4,6-8H,2,5,19H2,(H,21,25). The van der Waals surface area contributed by atoms with E-state index in [1.54, 1.807) is 6.20 Å². The summed E-state index contributed by atoms with van der Waals surface area (Å²) in [5.41, 5.74) is 5.72. The van der Waals surface area contributed by atoms with Crippen LogP contribution in [0.4, 0.5) is 19.5 Å². The molecular formula is C16H13F2N5O2S. The Kier molecular flexibility index (Phi) is 5.03. The number of amides is 1. The maximum atomic E-state index is 13.9. The van der Waals surface area contributed by atoms with E-state index in [2.05, 4.69) is 15.4 Å². The zero-order valence-electron chi connectivity index (χ0n) is 13.3. The molecule has 3 aromatic rings. The number of carbonyl (C=O) groups excluding carboxylic acids is 2. The van der Waals surface area contributed by atoms with Gasteiger partial charge in [0.2, 0.25) is 0 Å². The maximum absolute atomic E-state index is 13.9. The van der Waals surface area contributed by atoms with Gasteiger partial charge < -0.3 is 15.8 Å². The summed E-state index contributed by atoms with van der Waals surface area (Å²) in [6, 6.07) is 3.44. The van der Waals surface area contributed by atoms with Crippen molar-refractivity contribution in [3.05, 3.63) is 47.9 Å². The first-order chi connectivity index (χ1) is 12.5. The largest absolute Gasteiger partial charge is 0.389 e. The smallest absolute Gasteiger partial charge is 0.277 e. The van der Waals surface area contributed by atoms with E-state index in [9.17, 15) is 18.4 Å². The number of anilines is 2. The number of aromatic nitrogens is 3. The third-order valence-electron chi connectivity index (χ3n) is 3.41. The number of nitrogen functional groups attached to an aromatic ring is 1. The molecule has 134 valence electrons. The van der Waals surface area contributed by atoms with Crippen LogP contribution >= 0.6 is 11.3 Å². The van der Waals surface area contributed by atoms with Gasteiger partial charge in [-0.05, 0) is 12.1 Å². The number of nitrogens with zero attached hydrogens (tertiary/aromatic N) is 3. The first kappa shape index (κ1) is 17.7. The zero-order valence-corrected chi connectivity index (χ0v) is 14.1. The van der Waals surface area contributed by atoms with Crippen LogP contribution in [0.15, 0.2) is 30.6 Å². The van der Waals surface area contributed by atoms with E-state index in [1.165, 1.54) is 16.9 Å². The quantitative estimate of drug-likeness (QED) is 0.643. The van der Waals surface area contributed by atoms with Crippen molar-refractivity contribution in [2.75, 3.05) is 11.1 Å². The highest BCUT2D eigenvalue weighted by Crippen LogP contribution is 2.33. The molecule has 0 aliphatic carbocycles.